The molecular formula is C21H45S+. The summed E-state index contributed by atoms with van der Waals surface area (Å²) in [5, 5.41) is 0. The lowest BCUT2D eigenvalue weighted by molar-refractivity contribution is 0.538. The van der Waals surface area contributed by atoms with Gasteiger partial charge in [0.15, 0.2) is 0 Å². The van der Waals surface area contributed by atoms with Crippen LogP contribution in [0, 0.1) is 0 Å². The number of hydrogen-bond donors (Lipinski definition) is 0. The summed E-state index contributed by atoms with van der Waals surface area (Å²) in [6.07, 6.45) is 22.0. The summed E-state index contributed by atoms with van der Waals surface area (Å²) in [5.41, 5.74) is 0. The number of rotatable bonds is 18. The zero-order valence-electron chi connectivity index (χ0n) is 16.1. The van der Waals surface area contributed by atoms with Crippen molar-refractivity contribution in [3.63, 3.8) is 0 Å². The molecule has 0 aromatic rings. The van der Waals surface area contributed by atoms with Crippen molar-refractivity contribution in [1.82, 2.24) is 0 Å². The van der Waals surface area contributed by atoms with Crippen LogP contribution in [0.5, 0.6) is 0 Å². The zero-order chi connectivity index (χ0) is 16.3. The molecule has 0 saturated carbocycles. The summed E-state index contributed by atoms with van der Waals surface area (Å²) < 4.78 is 0. The van der Waals surface area contributed by atoms with E-state index in [0.29, 0.717) is 0 Å². The molecule has 0 heterocycles. The summed E-state index contributed by atoms with van der Waals surface area (Å²) in [6.45, 7) is 7.01. The van der Waals surface area contributed by atoms with Crippen molar-refractivity contribution >= 4 is 10.9 Å². The van der Waals surface area contributed by atoms with E-state index in [9.17, 15) is 0 Å². The second kappa shape index (κ2) is 19.4. The van der Waals surface area contributed by atoms with Crippen LogP contribution in [0.4, 0.5) is 0 Å². The fourth-order valence-electron chi connectivity index (χ4n) is 3.18. The van der Waals surface area contributed by atoms with Crippen LogP contribution in [0.25, 0.3) is 0 Å². The highest BCUT2D eigenvalue weighted by atomic mass is 32.2. The van der Waals surface area contributed by atoms with Crippen molar-refractivity contribution in [3.05, 3.63) is 0 Å². The van der Waals surface area contributed by atoms with E-state index in [1.807, 2.05) is 0 Å². The van der Waals surface area contributed by atoms with Gasteiger partial charge in [0.1, 0.15) is 17.3 Å². The number of hydrogen-bond acceptors (Lipinski definition) is 0. The molecule has 1 unspecified atom stereocenters. The molecule has 0 rings (SSSR count). The highest BCUT2D eigenvalue weighted by Crippen LogP contribution is 2.13. The monoisotopic (exact) mass is 329 g/mol. The second-order valence-corrected chi connectivity index (χ2v) is 9.52. The molecule has 0 fully saturated rings. The predicted molar refractivity (Wildman–Crippen MR) is 108 cm³/mol. The van der Waals surface area contributed by atoms with Gasteiger partial charge in [0.05, 0.1) is 0 Å². The van der Waals surface area contributed by atoms with Crippen LogP contribution in [0.1, 0.15) is 117 Å². The lowest BCUT2D eigenvalue weighted by atomic mass is 10.0. The summed E-state index contributed by atoms with van der Waals surface area (Å²) in [6, 6.07) is 0. The van der Waals surface area contributed by atoms with E-state index in [-0.39, 0.29) is 0 Å². The summed E-state index contributed by atoms with van der Waals surface area (Å²) in [4.78, 5) is 0. The first-order valence-corrected chi connectivity index (χ1v) is 12.2. The van der Waals surface area contributed by atoms with E-state index < -0.39 is 0 Å². The Hall–Kier alpha value is 0.350. The van der Waals surface area contributed by atoms with Crippen molar-refractivity contribution in [2.75, 3.05) is 17.3 Å². The summed E-state index contributed by atoms with van der Waals surface area (Å²) >= 11 is 0. The second-order valence-electron chi connectivity index (χ2n) is 6.91. The third kappa shape index (κ3) is 16.7. The van der Waals surface area contributed by atoms with E-state index in [4.69, 9.17) is 0 Å². The van der Waals surface area contributed by atoms with E-state index in [1.165, 1.54) is 114 Å². The standard InChI is InChI=1S/C21H45S/c1-4-7-8-9-10-11-12-13-14-15-16-17-18-19-21-22(6-3)20-5-2/h4-21H2,1-3H3/q+1. The summed E-state index contributed by atoms with van der Waals surface area (Å²) in [5.74, 6) is 4.42. The van der Waals surface area contributed by atoms with Crippen molar-refractivity contribution in [1.29, 1.82) is 0 Å². The van der Waals surface area contributed by atoms with Crippen LogP contribution >= 0.6 is 0 Å². The minimum absolute atomic E-state index is 0.752. The van der Waals surface area contributed by atoms with Gasteiger partial charge in [-0.05, 0) is 37.1 Å². The van der Waals surface area contributed by atoms with Gasteiger partial charge in [-0.1, -0.05) is 90.9 Å². The molecule has 0 radical (unpaired) electrons. The molecule has 0 spiro atoms. The van der Waals surface area contributed by atoms with Crippen LogP contribution in [0.2, 0.25) is 0 Å². The first-order valence-electron chi connectivity index (χ1n) is 10.5. The van der Waals surface area contributed by atoms with Gasteiger partial charge in [-0.15, -0.1) is 0 Å². The Morgan fingerprint density at radius 1 is 0.409 bits per heavy atom. The van der Waals surface area contributed by atoms with E-state index in [2.05, 4.69) is 20.8 Å². The van der Waals surface area contributed by atoms with Gasteiger partial charge in [-0.25, -0.2) is 0 Å². The van der Waals surface area contributed by atoms with Crippen molar-refractivity contribution < 1.29 is 0 Å². The van der Waals surface area contributed by atoms with Crippen molar-refractivity contribution in [2.45, 2.75) is 117 Å². The first-order chi connectivity index (χ1) is 10.8. The Labute approximate surface area is 145 Å². The van der Waals surface area contributed by atoms with Gasteiger partial charge >= 0.3 is 0 Å². The Morgan fingerprint density at radius 2 is 0.818 bits per heavy atom. The molecule has 0 aromatic heterocycles. The molecule has 0 saturated heterocycles. The molecular weight excluding hydrogens is 284 g/mol. The maximum absolute atomic E-state index is 2.38. The minimum atomic E-state index is 0.752. The normalized spacial score (nSPS) is 12.7. The van der Waals surface area contributed by atoms with Crippen LogP contribution < -0.4 is 0 Å². The van der Waals surface area contributed by atoms with Crippen LogP contribution in [-0.4, -0.2) is 17.3 Å². The SMILES string of the molecule is CCCCCCCCCCCCCCCC[S+](CC)CCC. The van der Waals surface area contributed by atoms with Gasteiger partial charge in [0, 0.05) is 0 Å². The van der Waals surface area contributed by atoms with E-state index >= 15 is 0 Å². The molecule has 0 aromatic carbocycles. The molecule has 0 aliphatic rings. The predicted octanol–water partition coefficient (Wildman–Crippen LogP) is 7.52. The number of unbranched alkanes of at least 4 members (excludes halogenated alkanes) is 13. The maximum Gasteiger partial charge on any atom is 0.108 e. The molecule has 0 bridgehead atoms. The minimum Gasteiger partial charge on any atom is -0.0654 e. The van der Waals surface area contributed by atoms with Crippen LogP contribution in [-0.2, 0) is 10.9 Å². The van der Waals surface area contributed by atoms with Gasteiger partial charge in [-0.3, -0.25) is 0 Å². The molecule has 1 atom stereocenters. The molecule has 22 heavy (non-hydrogen) atoms. The molecule has 134 valence electrons. The van der Waals surface area contributed by atoms with E-state index in [0.717, 1.165) is 10.9 Å². The van der Waals surface area contributed by atoms with Gasteiger partial charge in [0.2, 0.25) is 0 Å². The largest absolute Gasteiger partial charge is 0.108 e. The molecule has 0 amide bonds. The average Bonchev–Trinajstić information content (AvgIpc) is 2.54. The smallest absolute Gasteiger partial charge is 0.0654 e. The summed E-state index contributed by atoms with van der Waals surface area (Å²) in [7, 11) is 0.752. The topological polar surface area (TPSA) is 0 Å². The quantitative estimate of drug-likeness (QED) is 0.180. The molecule has 0 nitrogen and oxygen atoms in total. The Kier molecular flexibility index (Phi) is 19.7. The van der Waals surface area contributed by atoms with Crippen molar-refractivity contribution in [2.24, 2.45) is 0 Å². The lowest BCUT2D eigenvalue weighted by Gasteiger charge is -2.05. The Balaban J connectivity index is 3.08. The highest BCUT2D eigenvalue weighted by Gasteiger charge is 2.12. The van der Waals surface area contributed by atoms with E-state index in [1.54, 1.807) is 0 Å². The molecule has 0 aliphatic carbocycles. The van der Waals surface area contributed by atoms with Crippen LogP contribution in [0.3, 0.4) is 0 Å². The fourth-order valence-corrected chi connectivity index (χ4v) is 5.15. The Bertz CT molecular complexity index is 190. The molecule has 0 N–H and O–H groups in total. The average molecular weight is 330 g/mol. The molecule has 0 aliphatic heterocycles. The first kappa shape index (κ1) is 22.4. The zero-order valence-corrected chi connectivity index (χ0v) is 17.0. The highest BCUT2D eigenvalue weighted by molar-refractivity contribution is 7.96. The molecule has 1 heteroatoms. The van der Waals surface area contributed by atoms with Crippen molar-refractivity contribution in [3.8, 4) is 0 Å². The fraction of sp³-hybridized carbons (Fsp3) is 1.00. The van der Waals surface area contributed by atoms with Gasteiger partial charge in [0.25, 0.3) is 0 Å². The third-order valence-electron chi connectivity index (χ3n) is 4.69. The Morgan fingerprint density at radius 3 is 1.18 bits per heavy atom. The van der Waals surface area contributed by atoms with Gasteiger partial charge < -0.3 is 0 Å². The maximum atomic E-state index is 2.38. The van der Waals surface area contributed by atoms with Gasteiger partial charge in [-0.2, -0.15) is 0 Å². The third-order valence-corrected chi connectivity index (χ3v) is 7.36. The lowest BCUT2D eigenvalue weighted by Crippen LogP contribution is -2.14. The van der Waals surface area contributed by atoms with Crippen LogP contribution in [0.15, 0.2) is 0 Å².